The van der Waals surface area contributed by atoms with E-state index in [4.69, 9.17) is 9.47 Å². The summed E-state index contributed by atoms with van der Waals surface area (Å²) in [6, 6.07) is 1.96. The highest BCUT2D eigenvalue weighted by Gasteiger charge is 2.22. The first kappa shape index (κ1) is 12.0. The Morgan fingerprint density at radius 1 is 1.62 bits per heavy atom. The summed E-state index contributed by atoms with van der Waals surface area (Å²) in [6.07, 6.45) is -0.465. The van der Waals surface area contributed by atoms with E-state index in [9.17, 15) is 4.79 Å². The SMILES string of the molecule is O=C(NCc1sccc1Br)C1COCCO1. The summed E-state index contributed by atoms with van der Waals surface area (Å²) in [5.41, 5.74) is 0. The van der Waals surface area contributed by atoms with Crippen LogP contribution >= 0.6 is 27.3 Å². The van der Waals surface area contributed by atoms with Gasteiger partial charge in [0.15, 0.2) is 6.10 Å². The van der Waals surface area contributed by atoms with Crippen LogP contribution in [-0.4, -0.2) is 31.8 Å². The third-order valence-corrected chi connectivity index (χ3v) is 4.15. The number of nitrogens with one attached hydrogen (secondary N) is 1. The molecule has 1 atom stereocenters. The zero-order valence-corrected chi connectivity index (χ0v) is 11.0. The molecule has 0 aliphatic carbocycles. The van der Waals surface area contributed by atoms with Gasteiger partial charge in [0.05, 0.1) is 26.4 Å². The second-order valence-electron chi connectivity index (χ2n) is 3.34. The van der Waals surface area contributed by atoms with Crippen LogP contribution in [0.4, 0.5) is 0 Å². The van der Waals surface area contributed by atoms with E-state index >= 15 is 0 Å². The van der Waals surface area contributed by atoms with Crippen LogP contribution < -0.4 is 5.32 Å². The molecule has 0 saturated carbocycles. The molecule has 4 nitrogen and oxygen atoms in total. The average molecular weight is 306 g/mol. The van der Waals surface area contributed by atoms with E-state index in [-0.39, 0.29) is 5.91 Å². The van der Waals surface area contributed by atoms with Gasteiger partial charge in [-0.15, -0.1) is 11.3 Å². The van der Waals surface area contributed by atoms with Gasteiger partial charge in [-0.05, 0) is 27.4 Å². The number of carbonyl (C=O) groups is 1. The molecule has 1 aromatic rings. The van der Waals surface area contributed by atoms with Gasteiger partial charge in [-0.2, -0.15) is 0 Å². The van der Waals surface area contributed by atoms with Crippen molar-refractivity contribution in [1.29, 1.82) is 0 Å². The molecule has 0 spiro atoms. The van der Waals surface area contributed by atoms with Crippen LogP contribution in [0.3, 0.4) is 0 Å². The standard InChI is InChI=1S/C10H12BrNO3S/c11-7-1-4-16-9(7)5-12-10(13)8-6-14-2-3-15-8/h1,4,8H,2-3,5-6H2,(H,12,13). The Balaban J connectivity index is 1.81. The lowest BCUT2D eigenvalue weighted by atomic mass is 10.3. The fourth-order valence-electron chi connectivity index (χ4n) is 1.37. The van der Waals surface area contributed by atoms with Crippen molar-refractivity contribution in [3.8, 4) is 0 Å². The highest BCUT2D eigenvalue weighted by molar-refractivity contribution is 9.10. The monoisotopic (exact) mass is 305 g/mol. The third-order valence-electron chi connectivity index (χ3n) is 2.22. The summed E-state index contributed by atoms with van der Waals surface area (Å²) < 4.78 is 11.5. The second-order valence-corrected chi connectivity index (χ2v) is 5.20. The highest BCUT2D eigenvalue weighted by atomic mass is 79.9. The number of hydrogen-bond donors (Lipinski definition) is 1. The maximum Gasteiger partial charge on any atom is 0.251 e. The van der Waals surface area contributed by atoms with E-state index in [2.05, 4.69) is 21.2 Å². The molecule has 0 radical (unpaired) electrons. The molecule has 0 bridgehead atoms. The molecule has 1 unspecified atom stereocenters. The Labute approximate surface area is 106 Å². The summed E-state index contributed by atoms with van der Waals surface area (Å²) in [7, 11) is 0. The number of amides is 1. The Kier molecular flexibility index (Phi) is 4.34. The van der Waals surface area contributed by atoms with E-state index in [0.717, 1.165) is 9.35 Å². The molecule has 1 amide bonds. The van der Waals surface area contributed by atoms with E-state index in [1.807, 2.05) is 11.4 Å². The molecule has 6 heteroatoms. The maximum atomic E-state index is 11.7. The second kappa shape index (κ2) is 5.77. The molecule has 2 heterocycles. The van der Waals surface area contributed by atoms with E-state index < -0.39 is 6.10 Å². The topological polar surface area (TPSA) is 47.6 Å². The molecule has 1 fully saturated rings. The van der Waals surface area contributed by atoms with Crippen LogP contribution in [-0.2, 0) is 20.8 Å². The molecule has 1 aromatic heterocycles. The lowest BCUT2D eigenvalue weighted by molar-refractivity contribution is -0.147. The summed E-state index contributed by atoms with van der Waals surface area (Å²) in [4.78, 5) is 12.8. The first-order chi connectivity index (χ1) is 7.77. The summed E-state index contributed by atoms with van der Waals surface area (Å²) in [5.74, 6) is -0.111. The van der Waals surface area contributed by atoms with E-state index in [1.54, 1.807) is 11.3 Å². The van der Waals surface area contributed by atoms with Gasteiger partial charge in [-0.1, -0.05) is 0 Å². The van der Waals surface area contributed by atoms with Crippen LogP contribution in [0.15, 0.2) is 15.9 Å². The molecule has 1 saturated heterocycles. The van der Waals surface area contributed by atoms with Crippen molar-refractivity contribution in [3.63, 3.8) is 0 Å². The fourth-order valence-corrected chi connectivity index (χ4v) is 2.80. The molecule has 0 aromatic carbocycles. The molecule has 1 N–H and O–H groups in total. The van der Waals surface area contributed by atoms with Crippen molar-refractivity contribution in [2.24, 2.45) is 0 Å². The number of halogens is 1. The van der Waals surface area contributed by atoms with Crippen molar-refractivity contribution in [1.82, 2.24) is 5.32 Å². The van der Waals surface area contributed by atoms with Gasteiger partial charge in [0, 0.05) is 9.35 Å². The van der Waals surface area contributed by atoms with Crippen molar-refractivity contribution < 1.29 is 14.3 Å². The molecule has 1 aliphatic heterocycles. The minimum atomic E-state index is -0.465. The van der Waals surface area contributed by atoms with Crippen LogP contribution in [0.5, 0.6) is 0 Å². The molecular formula is C10H12BrNO3S. The van der Waals surface area contributed by atoms with Gasteiger partial charge in [0.2, 0.25) is 0 Å². The Morgan fingerprint density at radius 3 is 3.12 bits per heavy atom. The van der Waals surface area contributed by atoms with Crippen LogP contribution in [0.25, 0.3) is 0 Å². The first-order valence-corrected chi connectivity index (χ1v) is 6.63. The predicted octanol–water partition coefficient (Wildman–Crippen LogP) is 1.54. The predicted molar refractivity (Wildman–Crippen MR) is 64.4 cm³/mol. The molecule has 16 heavy (non-hydrogen) atoms. The van der Waals surface area contributed by atoms with Gasteiger partial charge < -0.3 is 14.8 Å². The minimum absolute atomic E-state index is 0.111. The van der Waals surface area contributed by atoms with Gasteiger partial charge >= 0.3 is 0 Å². The van der Waals surface area contributed by atoms with Crippen molar-refractivity contribution in [3.05, 3.63) is 20.8 Å². The van der Waals surface area contributed by atoms with Crippen molar-refractivity contribution in [2.45, 2.75) is 12.6 Å². The van der Waals surface area contributed by atoms with E-state index in [1.165, 1.54) is 0 Å². The summed E-state index contributed by atoms with van der Waals surface area (Å²) >= 11 is 5.02. The van der Waals surface area contributed by atoms with Crippen LogP contribution in [0.1, 0.15) is 4.88 Å². The maximum absolute atomic E-state index is 11.7. The quantitative estimate of drug-likeness (QED) is 0.921. The normalized spacial score (nSPS) is 20.7. The molecule has 2 rings (SSSR count). The smallest absolute Gasteiger partial charge is 0.251 e. The number of hydrogen-bond acceptors (Lipinski definition) is 4. The van der Waals surface area contributed by atoms with Gasteiger partial charge in [-0.25, -0.2) is 0 Å². The zero-order chi connectivity index (χ0) is 11.4. The first-order valence-electron chi connectivity index (χ1n) is 4.96. The third kappa shape index (κ3) is 3.04. The highest BCUT2D eigenvalue weighted by Crippen LogP contribution is 2.22. The lowest BCUT2D eigenvalue weighted by Gasteiger charge is -2.21. The molecule has 1 aliphatic rings. The number of thiophene rings is 1. The summed E-state index contributed by atoms with van der Waals surface area (Å²) in [5, 5.41) is 4.81. The largest absolute Gasteiger partial charge is 0.376 e. The zero-order valence-electron chi connectivity index (χ0n) is 8.57. The molecular weight excluding hydrogens is 294 g/mol. The van der Waals surface area contributed by atoms with Gasteiger partial charge in [0.1, 0.15) is 0 Å². The Bertz CT molecular complexity index is 363. The number of carbonyl (C=O) groups excluding carboxylic acids is 1. The minimum Gasteiger partial charge on any atom is -0.376 e. The Hall–Kier alpha value is -0.430. The lowest BCUT2D eigenvalue weighted by Crippen LogP contribution is -2.42. The summed E-state index contributed by atoms with van der Waals surface area (Å²) in [6.45, 7) is 1.93. The average Bonchev–Trinajstić information content (AvgIpc) is 2.73. The van der Waals surface area contributed by atoms with Crippen LogP contribution in [0, 0.1) is 0 Å². The van der Waals surface area contributed by atoms with Crippen LogP contribution in [0.2, 0.25) is 0 Å². The van der Waals surface area contributed by atoms with Crippen molar-refractivity contribution in [2.75, 3.05) is 19.8 Å². The van der Waals surface area contributed by atoms with Gasteiger partial charge in [0.25, 0.3) is 5.91 Å². The molecule has 88 valence electrons. The Morgan fingerprint density at radius 2 is 2.50 bits per heavy atom. The van der Waals surface area contributed by atoms with E-state index in [0.29, 0.717) is 26.4 Å². The fraction of sp³-hybridized carbons (Fsp3) is 0.500. The number of ether oxygens (including phenoxy) is 2. The number of rotatable bonds is 3. The van der Waals surface area contributed by atoms with Gasteiger partial charge in [-0.3, -0.25) is 4.79 Å². The van der Waals surface area contributed by atoms with Crippen molar-refractivity contribution >= 4 is 33.2 Å².